The van der Waals surface area contributed by atoms with Crippen LogP contribution in [0.1, 0.15) is 44.0 Å². The Hall–Kier alpha value is -1.44. The molecule has 1 aliphatic rings. The van der Waals surface area contributed by atoms with E-state index < -0.39 is 0 Å². The first-order valence-electron chi connectivity index (χ1n) is 8.33. The van der Waals surface area contributed by atoms with Crippen molar-refractivity contribution in [2.24, 2.45) is 5.92 Å². The quantitative estimate of drug-likeness (QED) is 0.847. The minimum atomic E-state index is 0.582. The van der Waals surface area contributed by atoms with E-state index in [1.54, 1.807) is 0 Å². The normalized spacial score (nSPS) is 21.5. The molecule has 1 aromatic rings. The second-order valence-corrected chi connectivity index (χ2v) is 6.35. The Morgan fingerprint density at radius 1 is 1.18 bits per heavy atom. The van der Waals surface area contributed by atoms with Crippen molar-refractivity contribution in [1.82, 2.24) is 20.2 Å². The predicted molar refractivity (Wildman–Crippen MR) is 90.3 cm³/mol. The van der Waals surface area contributed by atoms with Gasteiger partial charge >= 0.3 is 0 Å². The topological polar surface area (TPSA) is 41.1 Å². The minimum Gasteiger partial charge on any atom is -0.307 e. The van der Waals surface area contributed by atoms with E-state index in [0.717, 1.165) is 25.3 Å². The van der Waals surface area contributed by atoms with Gasteiger partial charge in [-0.2, -0.15) is 0 Å². The molecule has 1 heterocycles. The first-order valence-corrected chi connectivity index (χ1v) is 8.33. The summed E-state index contributed by atoms with van der Waals surface area (Å²) in [5.41, 5.74) is 1.19. The van der Waals surface area contributed by atoms with Crippen LogP contribution < -0.4 is 5.32 Å². The largest absolute Gasteiger partial charge is 0.307 e. The van der Waals surface area contributed by atoms with Crippen molar-refractivity contribution >= 4 is 0 Å². The third kappa shape index (κ3) is 5.75. The maximum Gasteiger partial charge on any atom is 0.141 e. The van der Waals surface area contributed by atoms with E-state index in [2.05, 4.69) is 53.0 Å². The number of aromatic nitrogens is 2. The van der Waals surface area contributed by atoms with Gasteiger partial charge in [-0.3, -0.25) is 4.90 Å². The van der Waals surface area contributed by atoms with Crippen molar-refractivity contribution in [3.63, 3.8) is 0 Å². The summed E-state index contributed by atoms with van der Waals surface area (Å²) in [6.07, 6.45) is 9.67. The fraction of sp³-hybridized carbons (Fsp3) is 0.667. The van der Waals surface area contributed by atoms with Crippen molar-refractivity contribution in [3.8, 4) is 11.8 Å². The summed E-state index contributed by atoms with van der Waals surface area (Å²) in [6.45, 7) is 3.76. The lowest BCUT2D eigenvalue weighted by atomic mass is 9.86. The van der Waals surface area contributed by atoms with Gasteiger partial charge in [0, 0.05) is 24.4 Å². The molecule has 4 heteroatoms. The number of nitrogens with zero attached hydrogens (tertiary/aromatic N) is 3. The van der Waals surface area contributed by atoms with E-state index in [4.69, 9.17) is 0 Å². The van der Waals surface area contributed by atoms with Crippen LogP contribution in [-0.2, 0) is 13.0 Å². The van der Waals surface area contributed by atoms with Crippen molar-refractivity contribution in [1.29, 1.82) is 0 Å². The molecule has 0 aromatic carbocycles. The monoisotopic (exact) mass is 300 g/mol. The van der Waals surface area contributed by atoms with Gasteiger partial charge in [0.25, 0.3) is 0 Å². The van der Waals surface area contributed by atoms with Gasteiger partial charge in [-0.15, -0.1) is 0 Å². The lowest BCUT2D eigenvalue weighted by Crippen LogP contribution is -2.33. The van der Waals surface area contributed by atoms with Crippen LogP contribution in [0.25, 0.3) is 0 Å². The van der Waals surface area contributed by atoms with Crippen molar-refractivity contribution in [2.45, 2.75) is 51.6 Å². The van der Waals surface area contributed by atoms with E-state index in [1.807, 2.05) is 12.4 Å². The summed E-state index contributed by atoms with van der Waals surface area (Å²) in [6, 6.07) is 0.585. The highest BCUT2D eigenvalue weighted by molar-refractivity contribution is 5.07. The molecule has 2 rings (SSSR count). The molecular weight excluding hydrogens is 272 g/mol. The van der Waals surface area contributed by atoms with E-state index in [9.17, 15) is 0 Å². The first kappa shape index (κ1) is 16.9. The van der Waals surface area contributed by atoms with Crippen LogP contribution in [0, 0.1) is 17.8 Å². The maximum absolute atomic E-state index is 4.41. The van der Waals surface area contributed by atoms with Crippen LogP contribution in [0.4, 0.5) is 0 Å². The molecule has 4 nitrogen and oxygen atoms in total. The van der Waals surface area contributed by atoms with Gasteiger partial charge in [0.1, 0.15) is 5.82 Å². The molecule has 1 fully saturated rings. The van der Waals surface area contributed by atoms with Gasteiger partial charge < -0.3 is 5.32 Å². The van der Waals surface area contributed by atoms with Gasteiger partial charge in [-0.05, 0) is 51.8 Å². The molecule has 0 bridgehead atoms. The minimum absolute atomic E-state index is 0.582. The highest BCUT2D eigenvalue weighted by Crippen LogP contribution is 2.23. The summed E-state index contributed by atoms with van der Waals surface area (Å²) in [5.74, 6) is 8.16. The Kier molecular flexibility index (Phi) is 6.82. The number of nitrogens with one attached hydrogen (secondary N) is 1. The zero-order valence-corrected chi connectivity index (χ0v) is 14.1. The van der Waals surface area contributed by atoms with Crippen LogP contribution in [0.2, 0.25) is 0 Å². The predicted octanol–water partition coefficient (Wildman–Crippen LogP) is 2.25. The molecule has 0 unspecified atom stereocenters. The summed E-state index contributed by atoms with van der Waals surface area (Å²) in [4.78, 5) is 10.9. The third-order valence-electron chi connectivity index (χ3n) is 4.14. The second-order valence-electron chi connectivity index (χ2n) is 6.35. The molecule has 0 radical (unpaired) electrons. The number of rotatable bonds is 5. The van der Waals surface area contributed by atoms with Crippen LogP contribution in [0.5, 0.6) is 0 Å². The molecule has 22 heavy (non-hydrogen) atoms. The molecule has 0 amide bonds. The van der Waals surface area contributed by atoms with E-state index in [0.29, 0.717) is 12.0 Å². The molecule has 1 aliphatic carbocycles. The maximum atomic E-state index is 4.41. The Bertz CT molecular complexity index is 490. The molecule has 0 aliphatic heterocycles. The average molecular weight is 300 g/mol. The summed E-state index contributed by atoms with van der Waals surface area (Å²) >= 11 is 0. The van der Waals surface area contributed by atoms with Crippen LogP contribution in [0.3, 0.4) is 0 Å². The smallest absolute Gasteiger partial charge is 0.141 e. The zero-order chi connectivity index (χ0) is 15.8. The first-order chi connectivity index (χ1) is 10.7. The molecule has 120 valence electrons. The Morgan fingerprint density at radius 3 is 2.45 bits per heavy atom. The van der Waals surface area contributed by atoms with E-state index in [-0.39, 0.29) is 0 Å². The third-order valence-corrected chi connectivity index (χ3v) is 4.14. The van der Waals surface area contributed by atoms with E-state index >= 15 is 0 Å². The van der Waals surface area contributed by atoms with Gasteiger partial charge in [0.2, 0.25) is 0 Å². The number of hydrogen-bond acceptors (Lipinski definition) is 4. The Labute approximate surface area is 134 Å². The number of hydrogen-bond donors (Lipinski definition) is 1. The molecule has 0 atom stereocenters. The van der Waals surface area contributed by atoms with Crippen LogP contribution in [-0.4, -0.2) is 41.5 Å². The standard InChI is InChI=1S/C18H28N4/c1-4-15-12-20-18(21-13-15)14-19-17-9-7-16(8-10-17)6-5-11-22(2)3/h12-13,16-17,19H,4,7-11,14H2,1-3H3/t16-,17-. The molecular formula is C18H28N4. The fourth-order valence-electron chi connectivity index (χ4n) is 2.68. The highest BCUT2D eigenvalue weighted by Gasteiger charge is 2.19. The fourth-order valence-corrected chi connectivity index (χ4v) is 2.68. The molecule has 1 aromatic heterocycles. The van der Waals surface area contributed by atoms with Crippen molar-refractivity contribution in [3.05, 3.63) is 23.8 Å². The lowest BCUT2D eigenvalue weighted by molar-refractivity contribution is 0.330. The van der Waals surface area contributed by atoms with Gasteiger partial charge in [0.05, 0.1) is 13.1 Å². The lowest BCUT2D eigenvalue weighted by Gasteiger charge is -2.26. The van der Waals surface area contributed by atoms with Gasteiger partial charge in [-0.25, -0.2) is 9.97 Å². The van der Waals surface area contributed by atoms with Crippen molar-refractivity contribution < 1.29 is 0 Å². The average Bonchev–Trinajstić information content (AvgIpc) is 2.54. The van der Waals surface area contributed by atoms with Crippen LogP contribution >= 0.6 is 0 Å². The summed E-state index contributed by atoms with van der Waals surface area (Å²) < 4.78 is 0. The summed E-state index contributed by atoms with van der Waals surface area (Å²) in [7, 11) is 4.12. The summed E-state index contributed by atoms with van der Waals surface area (Å²) in [5, 5.41) is 3.59. The molecule has 1 saturated carbocycles. The molecule has 0 saturated heterocycles. The highest BCUT2D eigenvalue weighted by atomic mass is 15.0. The molecule has 0 spiro atoms. The SMILES string of the molecule is CCc1cnc(CN[C@H]2CC[C@H](C#CCN(C)C)CC2)nc1. The van der Waals surface area contributed by atoms with Gasteiger partial charge in [-0.1, -0.05) is 18.8 Å². The Balaban J connectivity index is 1.69. The number of aryl methyl sites for hydroxylation is 1. The van der Waals surface area contributed by atoms with Crippen LogP contribution in [0.15, 0.2) is 12.4 Å². The Morgan fingerprint density at radius 2 is 1.86 bits per heavy atom. The van der Waals surface area contributed by atoms with E-state index in [1.165, 1.54) is 31.2 Å². The second kappa shape index (κ2) is 8.87. The zero-order valence-electron chi connectivity index (χ0n) is 14.1. The van der Waals surface area contributed by atoms with Crippen molar-refractivity contribution in [2.75, 3.05) is 20.6 Å². The van der Waals surface area contributed by atoms with Gasteiger partial charge in [0.15, 0.2) is 0 Å². The molecule has 1 N–H and O–H groups in total.